The molecule has 8 heteroatoms. The Morgan fingerprint density at radius 1 is 1.27 bits per heavy atom. The number of phenolic OH excluding ortho intramolecular Hbond substituents is 1. The third-order valence-corrected chi connectivity index (χ3v) is 3.06. The number of para-hydroxylation sites is 1. The summed E-state index contributed by atoms with van der Waals surface area (Å²) in [5.74, 6) is -1.06. The van der Waals surface area contributed by atoms with Gasteiger partial charge in [0.05, 0.1) is 21.7 Å². The van der Waals surface area contributed by atoms with Crippen molar-refractivity contribution in [2.45, 2.75) is 0 Å². The number of carbonyl (C=O) groups is 1. The van der Waals surface area contributed by atoms with Gasteiger partial charge in [-0.1, -0.05) is 29.8 Å². The number of rotatable bonds is 4. The van der Waals surface area contributed by atoms with Crippen LogP contribution in [0, 0.1) is 10.1 Å². The molecule has 2 aromatic rings. The number of nitro benzene ring substituents is 1. The number of phenols is 1. The van der Waals surface area contributed by atoms with Crippen molar-refractivity contribution >= 4 is 29.4 Å². The number of halogens is 1. The van der Waals surface area contributed by atoms with Crippen LogP contribution in [0.15, 0.2) is 47.6 Å². The van der Waals surface area contributed by atoms with Crippen LogP contribution < -0.4 is 5.43 Å². The van der Waals surface area contributed by atoms with E-state index in [9.17, 15) is 20.0 Å². The first-order chi connectivity index (χ1) is 10.5. The number of nitrogens with zero attached hydrogens (tertiary/aromatic N) is 2. The topological polar surface area (TPSA) is 105 Å². The minimum absolute atomic E-state index is 0.105. The van der Waals surface area contributed by atoms with Gasteiger partial charge in [0.2, 0.25) is 5.75 Å². The normalized spacial score (nSPS) is 10.6. The zero-order valence-electron chi connectivity index (χ0n) is 11.1. The number of aromatic hydroxyl groups is 1. The van der Waals surface area contributed by atoms with Gasteiger partial charge in [0.1, 0.15) is 0 Å². The Morgan fingerprint density at radius 3 is 2.68 bits per heavy atom. The highest BCUT2D eigenvalue weighted by Crippen LogP contribution is 2.27. The van der Waals surface area contributed by atoms with E-state index in [-0.39, 0.29) is 16.1 Å². The van der Waals surface area contributed by atoms with Gasteiger partial charge in [-0.05, 0) is 18.2 Å². The zero-order valence-corrected chi connectivity index (χ0v) is 11.8. The predicted molar refractivity (Wildman–Crippen MR) is 81.3 cm³/mol. The highest BCUT2D eigenvalue weighted by Gasteiger charge is 2.15. The lowest BCUT2D eigenvalue weighted by Crippen LogP contribution is -2.17. The highest BCUT2D eigenvalue weighted by molar-refractivity contribution is 6.33. The second-order valence-corrected chi connectivity index (χ2v) is 4.56. The second kappa shape index (κ2) is 6.68. The molecule has 22 heavy (non-hydrogen) atoms. The van der Waals surface area contributed by atoms with Gasteiger partial charge < -0.3 is 5.11 Å². The molecule has 0 saturated carbocycles. The molecule has 2 rings (SSSR count). The largest absolute Gasteiger partial charge is 0.502 e. The first kappa shape index (κ1) is 15.5. The van der Waals surface area contributed by atoms with Crippen molar-refractivity contribution in [1.82, 2.24) is 5.43 Å². The van der Waals surface area contributed by atoms with E-state index < -0.39 is 22.3 Å². The monoisotopic (exact) mass is 319 g/mol. The summed E-state index contributed by atoms with van der Waals surface area (Å²) in [6.45, 7) is 0. The molecule has 0 aliphatic rings. The standard InChI is InChI=1S/C14H10ClN3O4/c15-11-6-2-1-5-10(11)14(20)17-16-8-9-4-3-7-12(13(9)19)18(21)22/h1-8,19H,(H,17,20). The molecule has 0 spiro atoms. The number of carbonyl (C=O) groups excluding carboxylic acids is 1. The molecule has 0 bridgehead atoms. The van der Waals surface area contributed by atoms with Crippen LogP contribution in [-0.4, -0.2) is 22.2 Å². The van der Waals surface area contributed by atoms with Crippen molar-refractivity contribution in [2.75, 3.05) is 0 Å². The van der Waals surface area contributed by atoms with Crippen LogP contribution in [0.3, 0.4) is 0 Å². The minimum atomic E-state index is -0.713. The fourth-order valence-electron chi connectivity index (χ4n) is 1.67. The van der Waals surface area contributed by atoms with Crippen LogP contribution in [0.25, 0.3) is 0 Å². The summed E-state index contributed by atoms with van der Waals surface area (Å²) >= 11 is 5.87. The van der Waals surface area contributed by atoms with Crippen molar-refractivity contribution in [3.63, 3.8) is 0 Å². The SMILES string of the molecule is O=C(NN=Cc1cccc([N+](=O)[O-])c1O)c1ccccc1Cl. The predicted octanol–water partition coefficient (Wildman–Crippen LogP) is 2.72. The molecule has 0 aliphatic heterocycles. The third kappa shape index (κ3) is 3.39. The Balaban J connectivity index is 2.14. The smallest absolute Gasteiger partial charge is 0.311 e. The van der Waals surface area contributed by atoms with Gasteiger partial charge in [0.25, 0.3) is 5.91 Å². The van der Waals surface area contributed by atoms with E-state index in [1.165, 1.54) is 18.2 Å². The van der Waals surface area contributed by atoms with Gasteiger partial charge in [-0.2, -0.15) is 5.10 Å². The van der Waals surface area contributed by atoms with E-state index >= 15 is 0 Å². The molecule has 0 aromatic heterocycles. The fourth-order valence-corrected chi connectivity index (χ4v) is 1.89. The number of hydrazone groups is 1. The Hall–Kier alpha value is -2.93. The summed E-state index contributed by atoms with van der Waals surface area (Å²) in [4.78, 5) is 21.8. The average molecular weight is 320 g/mol. The number of nitro groups is 1. The van der Waals surface area contributed by atoms with E-state index in [4.69, 9.17) is 11.6 Å². The van der Waals surface area contributed by atoms with Crippen molar-refractivity contribution in [1.29, 1.82) is 0 Å². The maximum atomic E-state index is 11.8. The van der Waals surface area contributed by atoms with Gasteiger partial charge in [-0.25, -0.2) is 5.43 Å². The van der Waals surface area contributed by atoms with Gasteiger partial charge in [-0.15, -0.1) is 0 Å². The van der Waals surface area contributed by atoms with Gasteiger partial charge in [-0.3, -0.25) is 14.9 Å². The van der Waals surface area contributed by atoms with E-state index in [1.54, 1.807) is 18.2 Å². The van der Waals surface area contributed by atoms with Crippen molar-refractivity contribution in [2.24, 2.45) is 5.10 Å². The van der Waals surface area contributed by atoms with Crippen LogP contribution >= 0.6 is 11.6 Å². The first-order valence-electron chi connectivity index (χ1n) is 6.05. The molecular weight excluding hydrogens is 310 g/mol. The molecular formula is C14H10ClN3O4. The molecule has 0 saturated heterocycles. The average Bonchev–Trinajstić information content (AvgIpc) is 2.49. The van der Waals surface area contributed by atoms with E-state index in [1.807, 2.05) is 0 Å². The maximum Gasteiger partial charge on any atom is 0.311 e. The molecule has 0 aliphatic carbocycles. The molecule has 1 amide bonds. The Morgan fingerprint density at radius 2 is 2.00 bits per heavy atom. The summed E-state index contributed by atoms with van der Waals surface area (Å²) < 4.78 is 0. The minimum Gasteiger partial charge on any atom is -0.502 e. The third-order valence-electron chi connectivity index (χ3n) is 2.73. The summed E-state index contributed by atoms with van der Waals surface area (Å²) in [7, 11) is 0. The summed E-state index contributed by atoms with van der Waals surface area (Å²) in [6.07, 6.45) is 1.11. The zero-order chi connectivity index (χ0) is 16.1. The van der Waals surface area contributed by atoms with E-state index in [2.05, 4.69) is 10.5 Å². The summed E-state index contributed by atoms with van der Waals surface area (Å²) in [5, 5.41) is 24.3. The van der Waals surface area contributed by atoms with Crippen LogP contribution in [0.5, 0.6) is 5.75 Å². The molecule has 112 valence electrons. The van der Waals surface area contributed by atoms with Crippen LogP contribution in [0.1, 0.15) is 15.9 Å². The molecule has 2 aromatic carbocycles. The molecule has 0 radical (unpaired) electrons. The van der Waals surface area contributed by atoms with E-state index in [0.717, 1.165) is 12.3 Å². The highest BCUT2D eigenvalue weighted by atomic mass is 35.5. The van der Waals surface area contributed by atoms with Gasteiger partial charge in [0, 0.05) is 11.6 Å². The number of hydrogen-bond donors (Lipinski definition) is 2. The van der Waals surface area contributed by atoms with Crippen LogP contribution in [0.4, 0.5) is 5.69 Å². The number of nitrogens with one attached hydrogen (secondary N) is 1. The Labute approximate surface area is 130 Å². The first-order valence-corrected chi connectivity index (χ1v) is 6.43. The maximum absolute atomic E-state index is 11.8. The van der Waals surface area contributed by atoms with Gasteiger partial charge >= 0.3 is 5.69 Å². The molecule has 0 unspecified atom stereocenters. The number of hydrogen-bond acceptors (Lipinski definition) is 5. The second-order valence-electron chi connectivity index (χ2n) is 4.15. The lowest BCUT2D eigenvalue weighted by Gasteiger charge is -2.02. The summed E-state index contributed by atoms with van der Waals surface area (Å²) in [5.41, 5.74) is 2.13. The quantitative estimate of drug-likeness (QED) is 0.513. The molecule has 0 atom stereocenters. The summed E-state index contributed by atoms with van der Waals surface area (Å²) in [6, 6.07) is 10.4. The number of amides is 1. The van der Waals surface area contributed by atoms with Gasteiger partial charge in [0.15, 0.2) is 0 Å². The van der Waals surface area contributed by atoms with Crippen molar-refractivity contribution in [3.8, 4) is 5.75 Å². The fraction of sp³-hybridized carbons (Fsp3) is 0. The van der Waals surface area contributed by atoms with Crippen LogP contribution in [-0.2, 0) is 0 Å². The lowest BCUT2D eigenvalue weighted by molar-refractivity contribution is -0.385. The molecule has 2 N–H and O–H groups in total. The molecule has 0 heterocycles. The molecule has 0 fully saturated rings. The Bertz CT molecular complexity index is 762. The van der Waals surface area contributed by atoms with Crippen molar-refractivity contribution in [3.05, 3.63) is 68.7 Å². The molecule has 7 nitrogen and oxygen atoms in total. The van der Waals surface area contributed by atoms with E-state index in [0.29, 0.717) is 0 Å². The number of benzene rings is 2. The lowest BCUT2D eigenvalue weighted by atomic mass is 10.2. The Kier molecular flexibility index (Phi) is 4.70. The van der Waals surface area contributed by atoms with Crippen molar-refractivity contribution < 1.29 is 14.8 Å². The van der Waals surface area contributed by atoms with Crippen LogP contribution in [0.2, 0.25) is 5.02 Å².